The van der Waals surface area contributed by atoms with Crippen LogP contribution in [0, 0.1) is 0 Å². The first kappa shape index (κ1) is 15.7. The SMILES string of the molecule is CCOCCC(NC(C)C)(C(=O)O)c1ccccc1. The molecule has 1 aromatic rings. The van der Waals surface area contributed by atoms with E-state index in [1.807, 2.05) is 51.1 Å². The summed E-state index contributed by atoms with van der Waals surface area (Å²) in [6.07, 6.45) is 0.401. The highest BCUT2D eigenvalue weighted by atomic mass is 16.5. The predicted octanol–water partition coefficient (Wildman–Crippen LogP) is 2.39. The Labute approximate surface area is 114 Å². The van der Waals surface area contributed by atoms with Gasteiger partial charge in [-0.05, 0) is 26.3 Å². The van der Waals surface area contributed by atoms with E-state index >= 15 is 0 Å². The van der Waals surface area contributed by atoms with E-state index in [1.54, 1.807) is 0 Å². The molecule has 0 radical (unpaired) electrons. The van der Waals surface area contributed by atoms with Crippen LogP contribution in [0.15, 0.2) is 30.3 Å². The molecule has 4 nitrogen and oxygen atoms in total. The van der Waals surface area contributed by atoms with Crippen LogP contribution in [0.3, 0.4) is 0 Å². The summed E-state index contributed by atoms with van der Waals surface area (Å²) < 4.78 is 5.34. The van der Waals surface area contributed by atoms with Crippen LogP contribution in [0.2, 0.25) is 0 Å². The lowest BCUT2D eigenvalue weighted by atomic mass is 9.86. The summed E-state index contributed by atoms with van der Waals surface area (Å²) in [7, 11) is 0. The number of nitrogens with one attached hydrogen (secondary N) is 1. The minimum atomic E-state index is -1.09. The Morgan fingerprint density at radius 3 is 2.47 bits per heavy atom. The van der Waals surface area contributed by atoms with Crippen molar-refractivity contribution in [1.82, 2.24) is 5.32 Å². The monoisotopic (exact) mass is 265 g/mol. The molecule has 0 amide bonds. The Balaban J connectivity index is 3.08. The Kier molecular flexibility index (Phi) is 5.99. The van der Waals surface area contributed by atoms with Gasteiger partial charge in [0.15, 0.2) is 0 Å². The molecule has 1 atom stereocenters. The number of rotatable bonds is 8. The van der Waals surface area contributed by atoms with Crippen LogP contribution < -0.4 is 5.32 Å². The number of ether oxygens (including phenoxy) is 1. The summed E-state index contributed by atoms with van der Waals surface area (Å²) >= 11 is 0. The van der Waals surface area contributed by atoms with Crippen molar-refractivity contribution in [1.29, 1.82) is 0 Å². The van der Waals surface area contributed by atoms with Crippen LogP contribution in [0.5, 0.6) is 0 Å². The minimum absolute atomic E-state index is 0.0675. The van der Waals surface area contributed by atoms with Crippen molar-refractivity contribution < 1.29 is 14.6 Å². The van der Waals surface area contributed by atoms with E-state index in [-0.39, 0.29) is 6.04 Å². The van der Waals surface area contributed by atoms with E-state index in [1.165, 1.54) is 0 Å². The van der Waals surface area contributed by atoms with E-state index in [4.69, 9.17) is 4.74 Å². The highest BCUT2D eigenvalue weighted by Crippen LogP contribution is 2.26. The molecule has 0 bridgehead atoms. The van der Waals surface area contributed by atoms with Crippen LogP contribution in [-0.4, -0.2) is 30.3 Å². The number of carboxylic acid groups (broad SMARTS) is 1. The molecule has 106 valence electrons. The first-order valence-corrected chi connectivity index (χ1v) is 6.67. The van der Waals surface area contributed by atoms with E-state index in [0.29, 0.717) is 19.6 Å². The van der Waals surface area contributed by atoms with Gasteiger partial charge in [0.2, 0.25) is 0 Å². The summed E-state index contributed by atoms with van der Waals surface area (Å²) in [6, 6.07) is 9.35. The third kappa shape index (κ3) is 4.04. The van der Waals surface area contributed by atoms with Gasteiger partial charge in [0.05, 0.1) is 0 Å². The van der Waals surface area contributed by atoms with Gasteiger partial charge >= 0.3 is 5.97 Å². The second kappa shape index (κ2) is 7.26. The zero-order chi connectivity index (χ0) is 14.3. The molecule has 0 aromatic heterocycles. The Hall–Kier alpha value is -1.39. The van der Waals surface area contributed by atoms with Gasteiger partial charge in [-0.1, -0.05) is 30.3 Å². The number of aliphatic carboxylic acids is 1. The second-order valence-electron chi connectivity index (χ2n) is 4.82. The molecular formula is C15H23NO3. The lowest BCUT2D eigenvalue weighted by molar-refractivity contribution is -0.146. The molecule has 0 fully saturated rings. The predicted molar refractivity (Wildman–Crippen MR) is 75.1 cm³/mol. The molecule has 1 rings (SSSR count). The lowest BCUT2D eigenvalue weighted by Gasteiger charge is -2.33. The highest BCUT2D eigenvalue weighted by molar-refractivity contribution is 5.80. The molecule has 0 saturated carbocycles. The number of carbonyl (C=O) groups is 1. The maximum atomic E-state index is 11.8. The molecule has 0 aliphatic carbocycles. The summed E-state index contributed by atoms with van der Waals surface area (Å²) in [5.41, 5.74) is -0.333. The fourth-order valence-corrected chi connectivity index (χ4v) is 2.18. The average Bonchev–Trinajstić information content (AvgIpc) is 2.38. The highest BCUT2D eigenvalue weighted by Gasteiger charge is 2.40. The van der Waals surface area contributed by atoms with Crippen molar-refractivity contribution in [2.45, 2.75) is 38.8 Å². The number of hydrogen-bond donors (Lipinski definition) is 2. The quantitative estimate of drug-likeness (QED) is 0.709. The standard InChI is InChI=1S/C15H23NO3/c1-4-19-11-10-15(14(17)18,16-12(2)3)13-8-6-5-7-9-13/h5-9,12,16H,4,10-11H2,1-3H3,(H,17,18). The smallest absolute Gasteiger partial charge is 0.328 e. The first-order valence-electron chi connectivity index (χ1n) is 6.67. The van der Waals surface area contributed by atoms with Crippen molar-refractivity contribution in [2.75, 3.05) is 13.2 Å². The molecule has 2 N–H and O–H groups in total. The Bertz CT molecular complexity index is 392. The van der Waals surface area contributed by atoms with Gasteiger partial charge in [0, 0.05) is 25.7 Å². The van der Waals surface area contributed by atoms with Crippen molar-refractivity contribution in [3.05, 3.63) is 35.9 Å². The Morgan fingerprint density at radius 1 is 1.37 bits per heavy atom. The topological polar surface area (TPSA) is 58.6 Å². The van der Waals surface area contributed by atoms with Crippen molar-refractivity contribution in [3.8, 4) is 0 Å². The van der Waals surface area contributed by atoms with Crippen LogP contribution >= 0.6 is 0 Å². The minimum Gasteiger partial charge on any atom is -0.480 e. The van der Waals surface area contributed by atoms with Crippen LogP contribution in [0.25, 0.3) is 0 Å². The first-order chi connectivity index (χ1) is 9.03. The van der Waals surface area contributed by atoms with Gasteiger partial charge in [-0.3, -0.25) is 5.32 Å². The molecule has 1 unspecified atom stereocenters. The molecule has 0 saturated heterocycles. The molecule has 19 heavy (non-hydrogen) atoms. The van der Waals surface area contributed by atoms with Gasteiger partial charge in [0.25, 0.3) is 0 Å². The summed E-state index contributed by atoms with van der Waals surface area (Å²) in [5, 5.41) is 12.9. The molecule has 0 aliphatic rings. The second-order valence-corrected chi connectivity index (χ2v) is 4.82. The van der Waals surface area contributed by atoms with Crippen LogP contribution in [-0.2, 0) is 15.1 Å². The van der Waals surface area contributed by atoms with Gasteiger partial charge < -0.3 is 9.84 Å². The van der Waals surface area contributed by atoms with Gasteiger partial charge in [-0.15, -0.1) is 0 Å². The third-order valence-electron chi connectivity index (χ3n) is 2.99. The number of benzene rings is 1. The molecule has 0 spiro atoms. The van der Waals surface area contributed by atoms with Crippen molar-refractivity contribution in [3.63, 3.8) is 0 Å². The van der Waals surface area contributed by atoms with Crippen LogP contribution in [0.1, 0.15) is 32.8 Å². The summed E-state index contributed by atoms with van der Waals surface area (Å²) in [5.74, 6) is -0.868. The molecular weight excluding hydrogens is 242 g/mol. The number of hydrogen-bond acceptors (Lipinski definition) is 3. The average molecular weight is 265 g/mol. The summed E-state index contributed by atoms with van der Waals surface area (Å²) in [6.45, 7) is 6.80. The van der Waals surface area contributed by atoms with Crippen molar-refractivity contribution in [2.24, 2.45) is 0 Å². The number of carboxylic acids is 1. The van der Waals surface area contributed by atoms with Crippen molar-refractivity contribution >= 4 is 5.97 Å². The third-order valence-corrected chi connectivity index (χ3v) is 2.99. The molecule has 4 heteroatoms. The zero-order valence-electron chi connectivity index (χ0n) is 11.8. The van der Waals surface area contributed by atoms with E-state index in [0.717, 1.165) is 5.56 Å². The van der Waals surface area contributed by atoms with Gasteiger partial charge in [0.1, 0.15) is 5.54 Å². The molecule has 1 aromatic carbocycles. The fraction of sp³-hybridized carbons (Fsp3) is 0.533. The van der Waals surface area contributed by atoms with E-state index in [2.05, 4.69) is 5.32 Å². The largest absolute Gasteiger partial charge is 0.480 e. The summed E-state index contributed by atoms with van der Waals surface area (Å²) in [4.78, 5) is 11.8. The van der Waals surface area contributed by atoms with E-state index in [9.17, 15) is 9.90 Å². The molecule has 0 heterocycles. The zero-order valence-corrected chi connectivity index (χ0v) is 11.8. The maximum Gasteiger partial charge on any atom is 0.328 e. The van der Waals surface area contributed by atoms with Gasteiger partial charge in [-0.2, -0.15) is 0 Å². The fourth-order valence-electron chi connectivity index (χ4n) is 2.18. The molecule has 0 aliphatic heterocycles. The maximum absolute atomic E-state index is 11.8. The normalized spacial score (nSPS) is 14.3. The van der Waals surface area contributed by atoms with Gasteiger partial charge in [-0.25, -0.2) is 4.79 Å². The Morgan fingerprint density at radius 2 is 2.00 bits per heavy atom. The van der Waals surface area contributed by atoms with E-state index < -0.39 is 11.5 Å². The van der Waals surface area contributed by atoms with Crippen LogP contribution in [0.4, 0.5) is 0 Å². The lowest BCUT2D eigenvalue weighted by Crippen LogP contribution is -2.52.